The number of ether oxygens (including phenoxy) is 1. The Kier molecular flexibility index (Phi) is 6.01. The predicted molar refractivity (Wildman–Crippen MR) is 99.2 cm³/mol. The van der Waals surface area contributed by atoms with Gasteiger partial charge in [-0.15, -0.1) is 0 Å². The normalized spacial score (nSPS) is 14.6. The van der Waals surface area contributed by atoms with E-state index in [2.05, 4.69) is 10.3 Å². The molecule has 5 nitrogen and oxygen atoms in total. The van der Waals surface area contributed by atoms with Gasteiger partial charge in [0.25, 0.3) is 5.91 Å². The Hall–Kier alpha value is -2.40. The van der Waals surface area contributed by atoms with Gasteiger partial charge in [-0.2, -0.15) is 0 Å². The van der Waals surface area contributed by atoms with Crippen molar-refractivity contribution in [3.05, 3.63) is 48.2 Å². The van der Waals surface area contributed by atoms with Crippen LogP contribution in [0, 0.1) is 0 Å². The molecular formula is C20H25N3O2. The standard InChI is InChI=1S/C20H25N3O2/c21-19-11-10-17(14-23-19)15-6-8-16(9-7-15)20(24)22-12-3-13-25-18-4-1-2-5-18/h6-11,14,18H,1-5,12-13H2,(H2,21,23)(H,22,24). The Morgan fingerprint density at radius 1 is 1.12 bits per heavy atom. The van der Waals surface area contributed by atoms with Crippen molar-refractivity contribution in [1.29, 1.82) is 0 Å². The van der Waals surface area contributed by atoms with E-state index in [9.17, 15) is 4.79 Å². The highest BCUT2D eigenvalue weighted by Crippen LogP contribution is 2.21. The van der Waals surface area contributed by atoms with Gasteiger partial charge in [-0.1, -0.05) is 25.0 Å². The molecule has 0 bridgehead atoms. The molecule has 0 unspecified atom stereocenters. The van der Waals surface area contributed by atoms with Gasteiger partial charge in [-0.25, -0.2) is 4.98 Å². The average molecular weight is 339 g/mol. The summed E-state index contributed by atoms with van der Waals surface area (Å²) in [5, 5.41) is 2.94. The van der Waals surface area contributed by atoms with E-state index in [-0.39, 0.29) is 5.91 Å². The van der Waals surface area contributed by atoms with Gasteiger partial charge in [0.1, 0.15) is 5.82 Å². The summed E-state index contributed by atoms with van der Waals surface area (Å²) >= 11 is 0. The summed E-state index contributed by atoms with van der Waals surface area (Å²) in [6.45, 7) is 1.35. The van der Waals surface area contributed by atoms with Gasteiger partial charge in [-0.05, 0) is 49.1 Å². The number of hydrogen-bond acceptors (Lipinski definition) is 4. The molecule has 0 radical (unpaired) electrons. The van der Waals surface area contributed by atoms with Crippen molar-refractivity contribution in [3.8, 4) is 11.1 Å². The molecule has 1 saturated carbocycles. The Morgan fingerprint density at radius 3 is 2.52 bits per heavy atom. The minimum atomic E-state index is -0.0529. The topological polar surface area (TPSA) is 77.2 Å². The highest BCUT2D eigenvalue weighted by molar-refractivity contribution is 5.94. The molecule has 3 N–H and O–H groups in total. The van der Waals surface area contributed by atoms with Crippen molar-refractivity contribution in [2.75, 3.05) is 18.9 Å². The van der Waals surface area contributed by atoms with E-state index in [1.807, 2.05) is 30.3 Å². The zero-order valence-corrected chi connectivity index (χ0v) is 14.4. The molecule has 1 aromatic carbocycles. The second-order valence-corrected chi connectivity index (χ2v) is 6.44. The number of amides is 1. The minimum absolute atomic E-state index is 0.0529. The quantitative estimate of drug-likeness (QED) is 0.758. The zero-order chi connectivity index (χ0) is 17.5. The molecule has 25 heavy (non-hydrogen) atoms. The summed E-state index contributed by atoms with van der Waals surface area (Å²) in [5.74, 6) is 0.444. The van der Waals surface area contributed by atoms with Crippen LogP contribution in [0.5, 0.6) is 0 Å². The highest BCUT2D eigenvalue weighted by atomic mass is 16.5. The summed E-state index contributed by atoms with van der Waals surface area (Å²) in [6.07, 6.45) is 7.94. The number of carbonyl (C=O) groups excluding carboxylic acids is 1. The monoisotopic (exact) mass is 339 g/mol. The third kappa shape index (κ3) is 5.03. The first-order valence-electron chi connectivity index (χ1n) is 8.94. The lowest BCUT2D eigenvalue weighted by atomic mass is 10.1. The Morgan fingerprint density at radius 2 is 1.84 bits per heavy atom. The van der Waals surface area contributed by atoms with E-state index in [1.165, 1.54) is 25.7 Å². The lowest BCUT2D eigenvalue weighted by Crippen LogP contribution is -2.25. The van der Waals surface area contributed by atoms with Crippen LogP contribution in [0.25, 0.3) is 11.1 Å². The Labute approximate surface area is 148 Å². The Balaban J connectivity index is 1.43. The van der Waals surface area contributed by atoms with Gasteiger partial charge < -0.3 is 15.8 Å². The first-order valence-corrected chi connectivity index (χ1v) is 8.94. The number of nitrogen functional groups attached to an aromatic ring is 1. The number of nitrogens with one attached hydrogen (secondary N) is 1. The predicted octanol–water partition coefficient (Wildman–Crippen LogP) is 3.41. The molecule has 132 valence electrons. The number of rotatable bonds is 7. The molecule has 0 saturated heterocycles. The van der Waals surface area contributed by atoms with Gasteiger partial charge in [0.2, 0.25) is 0 Å². The van der Waals surface area contributed by atoms with E-state index in [0.29, 0.717) is 30.6 Å². The molecule has 0 atom stereocenters. The fourth-order valence-corrected chi connectivity index (χ4v) is 3.07. The Bertz CT molecular complexity index is 677. The van der Waals surface area contributed by atoms with Crippen LogP contribution in [0.1, 0.15) is 42.5 Å². The molecule has 2 aromatic rings. The summed E-state index contributed by atoms with van der Waals surface area (Å²) in [6, 6.07) is 11.2. The number of aromatic nitrogens is 1. The van der Waals surface area contributed by atoms with Crippen LogP contribution in [-0.4, -0.2) is 30.1 Å². The number of pyridine rings is 1. The maximum atomic E-state index is 12.2. The van der Waals surface area contributed by atoms with Crippen molar-refractivity contribution in [3.63, 3.8) is 0 Å². The largest absolute Gasteiger partial charge is 0.384 e. The maximum absolute atomic E-state index is 12.2. The van der Waals surface area contributed by atoms with Crippen molar-refractivity contribution in [2.45, 2.75) is 38.2 Å². The molecule has 0 spiro atoms. The molecule has 1 amide bonds. The van der Waals surface area contributed by atoms with Crippen molar-refractivity contribution in [2.24, 2.45) is 0 Å². The molecule has 0 aliphatic heterocycles. The number of nitrogens with zero attached hydrogens (tertiary/aromatic N) is 1. The highest BCUT2D eigenvalue weighted by Gasteiger charge is 2.14. The van der Waals surface area contributed by atoms with E-state index < -0.39 is 0 Å². The number of anilines is 1. The van der Waals surface area contributed by atoms with Crippen LogP contribution in [0.2, 0.25) is 0 Å². The lowest BCUT2D eigenvalue weighted by Gasteiger charge is -2.11. The fourth-order valence-electron chi connectivity index (χ4n) is 3.07. The maximum Gasteiger partial charge on any atom is 0.251 e. The van der Waals surface area contributed by atoms with Gasteiger partial charge in [0, 0.05) is 30.5 Å². The van der Waals surface area contributed by atoms with E-state index >= 15 is 0 Å². The molecule has 3 rings (SSSR count). The van der Waals surface area contributed by atoms with Gasteiger partial charge in [-0.3, -0.25) is 4.79 Å². The van der Waals surface area contributed by atoms with Crippen LogP contribution in [0.3, 0.4) is 0 Å². The first-order chi connectivity index (χ1) is 12.2. The van der Waals surface area contributed by atoms with E-state index in [1.54, 1.807) is 12.3 Å². The van der Waals surface area contributed by atoms with Gasteiger partial charge in [0.15, 0.2) is 0 Å². The fraction of sp³-hybridized carbons (Fsp3) is 0.400. The number of benzene rings is 1. The summed E-state index contributed by atoms with van der Waals surface area (Å²) in [4.78, 5) is 16.3. The molecule has 5 heteroatoms. The van der Waals surface area contributed by atoms with Gasteiger partial charge in [0.05, 0.1) is 6.10 Å². The van der Waals surface area contributed by atoms with Crippen LogP contribution in [0.15, 0.2) is 42.6 Å². The van der Waals surface area contributed by atoms with E-state index in [0.717, 1.165) is 17.5 Å². The van der Waals surface area contributed by atoms with E-state index in [4.69, 9.17) is 10.5 Å². The number of hydrogen-bond donors (Lipinski definition) is 2. The molecular weight excluding hydrogens is 314 g/mol. The summed E-state index contributed by atoms with van der Waals surface area (Å²) in [7, 11) is 0. The molecule has 1 fully saturated rings. The van der Waals surface area contributed by atoms with Gasteiger partial charge >= 0.3 is 0 Å². The number of carbonyl (C=O) groups is 1. The SMILES string of the molecule is Nc1ccc(-c2ccc(C(=O)NCCCOC3CCCC3)cc2)cn1. The van der Waals surface area contributed by atoms with Crippen molar-refractivity contribution >= 4 is 11.7 Å². The molecule has 1 heterocycles. The first kappa shape index (κ1) is 17.4. The van der Waals surface area contributed by atoms with Crippen LogP contribution < -0.4 is 11.1 Å². The van der Waals surface area contributed by atoms with Crippen molar-refractivity contribution in [1.82, 2.24) is 10.3 Å². The third-order valence-electron chi connectivity index (χ3n) is 4.53. The minimum Gasteiger partial charge on any atom is -0.384 e. The second-order valence-electron chi connectivity index (χ2n) is 6.44. The zero-order valence-electron chi connectivity index (χ0n) is 14.4. The molecule has 1 aliphatic rings. The van der Waals surface area contributed by atoms with Crippen molar-refractivity contribution < 1.29 is 9.53 Å². The molecule has 1 aliphatic carbocycles. The second kappa shape index (κ2) is 8.62. The average Bonchev–Trinajstić information content (AvgIpc) is 3.15. The van der Waals surface area contributed by atoms with Crippen LogP contribution >= 0.6 is 0 Å². The van der Waals surface area contributed by atoms with Crippen LogP contribution in [0.4, 0.5) is 5.82 Å². The summed E-state index contributed by atoms with van der Waals surface area (Å²) in [5.41, 5.74) is 8.24. The third-order valence-corrected chi connectivity index (χ3v) is 4.53. The number of nitrogens with two attached hydrogens (primary N) is 1. The smallest absolute Gasteiger partial charge is 0.251 e. The summed E-state index contributed by atoms with van der Waals surface area (Å²) < 4.78 is 5.80. The van der Waals surface area contributed by atoms with Crippen LogP contribution in [-0.2, 0) is 4.74 Å². The lowest BCUT2D eigenvalue weighted by molar-refractivity contribution is 0.0565. The molecule has 1 aromatic heterocycles.